The molecule has 1 atom stereocenters. The van der Waals surface area contributed by atoms with Crippen LogP contribution in [0.3, 0.4) is 0 Å². The molecule has 0 radical (unpaired) electrons. The molecule has 1 aliphatic carbocycles. The first-order valence-corrected chi connectivity index (χ1v) is 10.8. The largest absolute Gasteiger partial charge is 0.367 e. The Kier molecular flexibility index (Phi) is 3.54. The molecule has 1 saturated carbocycles. The predicted molar refractivity (Wildman–Crippen MR) is 112 cm³/mol. The number of carbonyl (C=O) groups is 1. The van der Waals surface area contributed by atoms with E-state index in [1.165, 1.54) is 21.5 Å². The van der Waals surface area contributed by atoms with Crippen molar-refractivity contribution in [3.63, 3.8) is 0 Å². The van der Waals surface area contributed by atoms with Gasteiger partial charge in [-0.05, 0) is 43.0 Å². The second kappa shape index (κ2) is 6.01. The molecule has 28 heavy (non-hydrogen) atoms. The van der Waals surface area contributed by atoms with E-state index in [1.807, 2.05) is 12.4 Å². The summed E-state index contributed by atoms with van der Waals surface area (Å²) in [6.45, 7) is 2.61. The quantitative estimate of drug-likeness (QED) is 0.728. The van der Waals surface area contributed by atoms with Crippen molar-refractivity contribution in [3.8, 4) is 0 Å². The number of aromatic nitrogens is 2. The Morgan fingerprint density at radius 1 is 1.18 bits per heavy atom. The normalized spacial score (nSPS) is 22.6. The van der Waals surface area contributed by atoms with Crippen LogP contribution in [0.2, 0.25) is 0 Å². The first-order valence-electron chi connectivity index (χ1n) is 9.97. The first-order chi connectivity index (χ1) is 13.7. The topological polar surface area (TPSA) is 52.2 Å². The van der Waals surface area contributed by atoms with Gasteiger partial charge in [-0.25, -0.2) is 4.98 Å². The highest BCUT2D eigenvalue weighted by atomic mass is 32.2. The Balaban J connectivity index is 1.23. The molecule has 2 aliphatic heterocycles. The van der Waals surface area contributed by atoms with Crippen LogP contribution in [0.4, 0.5) is 5.69 Å². The highest BCUT2D eigenvalue weighted by molar-refractivity contribution is 8.01. The monoisotopic (exact) mass is 390 g/mol. The van der Waals surface area contributed by atoms with Crippen LogP contribution < -0.4 is 4.90 Å². The van der Waals surface area contributed by atoms with E-state index in [0.29, 0.717) is 5.91 Å². The molecule has 142 valence electrons. The van der Waals surface area contributed by atoms with Gasteiger partial charge in [0.15, 0.2) is 0 Å². The van der Waals surface area contributed by atoms with E-state index in [1.54, 1.807) is 11.8 Å². The molecule has 2 fully saturated rings. The standard InChI is InChI=1S/C22H22N4OS/c27-21(19-13-15-3-1-2-4-18(15)28-19)26-12-11-25(14-22(26)7-8-22)17-6-10-24-20-16(17)5-9-23-20/h1-6,9-10,19H,7-8,11-14H2,(H,23,24). The van der Waals surface area contributed by atoms with Crippen molar-refractivity contribution >= 4 is 34.4 Å². The molecule has 5 nitrogen and oxygen atoms in total. The van der Waals surface area contributed by atoms with Crippen molar-refractivity contribution in [3.05, 3.63) is 54.4 Å². The summed E-state index contributed by atoms with van der Waals surface area (Å²) in [5.74, 6) is 0.333. The lowest BCUT2D eigenvalue weighted by atomic mass is 10.1. The maximum absolute atomic E-state index is 13.4. The molecule has 1 unspecified atom stereocenters. The van der Waals surface area contributed by atoms with Crippen molar-refractivity contribution in [2.24, 2.45) is 0 Å². The zero-order valence-electron chi connectivity index (χ0n) is 15.6. The number of aromatic amines is 1. The Morgan fingerprint density at radius 3 is 2.93 bits per heavy atom. The molecule has 1 amide bonds. The summed E-state index contributed by atoms with van der Waals surface area (Å²) in [6, 6.07) is 12.6. The second-order valence-corrected chi connectivity index (χ2v) is 9.37. The predicted octanol–water partition coefficient (Wildman–Crippen LogP) is 3.46. The molecule has 1 saturated heterocycles. The Hall–Kier alpha value is -2.47. The molecule has 6 rings (SSSR count). The molecule has 3 aliphatic rings. The Bertz CT molecular complexity index is 1050. The summed E-state index contributed by atoms with van der Waals surface area (Å²) in [4.78, 5) is 27.0. The average molecular weight is 391 g/mol. The van der Waals surface area contributed by atoms with Crippen LogP contribution in [0, 0.1) is 0 Å². The Morgan fingerprint density at radius 2 is 2.07 bits per heavy atom. The molecule has 1 spiro atoms. The molecular weight excluding hydrogens is 368 g/mol. The number of hydrogen-bond acceptors (Lipinski definition) is 4. The number of rotatable bonds is 2. The Labute approximate surface area is 168 Å². The van der Waals surface area contributed by atoms with Gasteiger partial charge in [-0.1, -0.05) is 18.2 Å². The van der Waals surface area contributed by atoms with Gasteiger partial charge in [-0.2, -0.15) is 0 Å². The number of H-pyrrole nitrogens is 1. The first kappa shape index (κ1) is 16.5. The fraction of sp³-hybridized carbons (Fsp3) is 0.364. The molecule has 6 heteroatoms. The molecule has 1 aromatic carbocycles. The van der Waals surface area contributed by atoms with E-state index in [-0.39, 0.29) is 10.8 Å². The number of fused-ring (bicyclic) bond motifs is 2. The van der Waals surface area contributed by atoms with E-state index in [9.17, 15) is 4.79 Å². The van der Waals surface area contributed by atoms with Crippen LogP contribution in [-0.2, 0) is 11.2 Å². The van der Waals surface area contributed by atoms with Gasteiger partial charge in [0.1, 0.15) is 5.65 Å². The van der Waals surface area contributed by atoms with Gasteiger partial charge >= 0.3 is 0 Å². The van der Waals surface area contributed by atoms with E-state index >= 15 is 0 Å². The third kappa shape index (κ3) is 2.47. The van der Waals surface area contributed by atoms with Gasteiger partial charge in [0.05, 0.1) is 10.8 Å². The fourth-order valence-corrected chi connectivity index (χ4v) is 6.07. The SMILES string of the molecule is O=C(C1Cc2ccccc2S1)N1CCN(c2ccnc3[nH]ccc23)CC12CC2. The number of nitrogens with zero attached hydrogens (tertiary/aromatic N) is 3. The summed E-state index contributed by atoms with van der Waals surface area (Å²) in [5, 5.41) is 1.21. The van der Waals surface area contributed by atoms with Gasteiger partial charge in [-0.15, -0.1) is 11.8 Å². The van der Waals surface area contributed by atoms with Crippen molar-refractivity contribution in [2.45, 2.75) is 34.9 Å². The summed E-state index contributed by atoms with van der Waals surface area (Å²) < 4.78 is 0. The van der Waals surface area contributed by atoms with Crippen LogP contribution >= 0.6 is 11.8 Å². The van der Waals surface area contributed by atoms with Gasteiger partial charge in [0.25, 0.3) is 0 Å². The number of anilines is 1. The molecule has 3 aromatic rings. The lowest BCUT2D eigenvalue weighted by Gasteiger charge is -2.44. The summed E-state index contributed by atoms with van der Waals surface area (Å²) in [6.07, 6.45) is 6.91. The number of hydrogen-bond donors (Lipinski definition) is 1. The van der Waals surface area contributed by atoms with Gasteiger partial charge in [0, 0.05) is 48.0 Å². The molecular formula is C22H22N4OS. The summed E-state index contributed by atoms with van der Waals surface area (Å²) in [5.41, 5.74) is 3.51. The molecule has 2 aromatic heterocycles. The fourth-order valence-electron chi connectivity index (χ4n) is 4.82. The van der Waals surface area contributed by atoms with Crippen LogP contribution in [-0.4, -0.2) is 51.2 Å². The minimum absolute atomic E-state index is 0.0244. The molecule has 1 N–H and O–H groups in total. The van der Waals surface area contributed by atoms with Crippen LogP contribution in [0.5, 0.6) is 0 Å². The van der Waals surface area contributed by atoms with Crippen molar-refractivity contribution in [1.29, 1.82) is 0 Å². The van der Waals surface area contributed by atoms with E-state index in [4.69, 9.17) is 0 Å². The number of piperazine rings is 1. The second-order valence-electron chi connectivity index (χ2n) is 8.12. The maximum Gasteiger partial charge on any atom is 0.236 e. The number of carbonyl (C=O) groups excluding carboxylic acids is 1. The number of thioether (sulfide) groups is 1. The van der Waals surface area contributed by atoms with Gasteiger partial charge in [0.2, 0.25) is 5.91 Å². The number of benzene rings is 1. The minimum Gasteiger partial charge on any atom is -0.367 e. The molecule has 4 heterocycles. The lowest BCUT2D eigenvalue weighted by Crippen LogP contribution is -2.58. The summed E-state index contributed by atoms with van der Waals surface area (Å²) >= 11 is 1.75. The third-order valence-corrected chi connectivity index (χ3v) is 7.75. The summed E-state index contributed by atoms with van der Waals surface area (Å²) in [7, 11) is 0. The van der Waals surface area contributed by atoms with Crippen LogP contribution in [0.15, 0.2) is 53.7 Å². The van der Waals surface area contributed by atoms with Crippen molar-refractivity contribution in [2.75, 3.05) is 24.5 Å². The van der Waals surface area contributed by atoms with E-state index in [0.717, 1.165) is 44.5 Å². The van der Waals surface area contributed by atoms with Crippen molar-refractivity contribution in [1.82, 2.24) is 14.9 Å². The van der Waals surface area contributed by atoms with Gasteiger partial charge < -0.3 is 14.8 Å². The number of pyridine rings is 1. The highest BCUT2D eigenvalue weighted by Gasteiger charge is 2.54. The lowest BCUT2D eigenvalue weighted by molar-refractivity contribution is -0.134. The smallest absolute Gasteiger partial charge is 0.236 e. The van der Waals surface area contributed by atoms with Gasteiger partial charge in [-0.3, -0.25) is 4.79 Å². The average Bonchev–Trinajstić information content (AvgIpc) is 3.16. The van der Waals surface area contributed by atoms with E-state index in [2.05, 4.69) is 56.2 Å². The third-order valence-electron chi connectivity index (χ3n) is 6.44. The number of nitrogens with one attached hydrogen (secondary N) is 1. The molecule has 0 bridgehead atoms. The zero-order chi connectivity index (χ0) is 18.7. The van der Waals surface area contributed by atoms with Crippen LogP contribution in [0.1, 0.15) is 18.4 Å². The maximum atomic E-state index is 13.4. The highest BCUT2D eigenvalue weighted by Crippen LogP contribution is 2.48. The van der Waals surface area contributed by atoms with Crippen LogP contribution in [0.25, 0.3) is 11.0 Å². The minimum atomic E-state index is 0.0244. The van der Waals surface area contributed by atoms with Crippen molar-refractivity contribution < 1.29 is 4.79 Å². The number of amides is 1. The van der Waals surface area contributed by atoms with E-state index < -0.39 is 0 Å². The zero-order valence-corrected chi connectivity index (χ0v) is 16.4.